The first-order valence-corrected chi connectivity index (χ1v) is 8.76. The Balaban J connectivity index is 1.98. The Hall–Kier alpha value is -1.22. The zero-order valence-corrected chi connectivity index (χ0v) is 13.8. The first kappa shape index (κ1) is 16.2. The molecule has 0 bridgehead atoms. The third kappa shape index (κ3) is 4.37. The first-order chi connectivity index (χ1) is 10.0. The van der Waals surface area contributed by atoms with E-state index in [9.17, 15) is 8.42 Å². The lowest BCUT2D eigenvalue weighted by molar-refractivity contribution is 0.552. The maximum Gasteiger partial charge on any atom is 0.241 e. The van der Waals surface area contributed by atoms with E-state index >= 15 is 0 Å². The van der Waals surface area contributed by atoms with Crippen LogP contribution in [-0.2, 0) is 23.1 Å². The van der Waals surface area contributed by atoms with Gasteiger partial charge < -0.3 is 5.73 Å². The van der Waals surface area contributed by atoms with Crippen LogP contribution in [0.5, 0.6) is 0 Å². The molecule has 1 aromatic carbocycles. The van der Waals surface area contributed by atoms with E-state index < -0.39 is 10.0 Å². The second-order valence-electron chi connectivity index (χ2n) is 4.49. The van der Waals surface area contributed by atoms with Crippen LogP contribution in [0.15, 0.2) is 46.0 Å². The van der Waals surface area contributed by atoms with E-state index in [2.05, 4.69) is 25.8 Å². The summed E-state index contributed by atoms with van der Waals surface area (Å²) in [5.74, 6) is 0. The molecule has 8 heteroatoms. The fourth-order valence-electron chi connectivity index (χ4n) is 1.84. The van der Waals surface area contributed by atoms with Crippen molar-refractivity contribution in [2.75, 3.05) is 6.54 Å². The molecule has 0 radical (unpaired) electrons. The molecule has 0 saturated carbocycles. The molecule has 0 unspecified atom stereocenters. The molecule has 0 aliphatic rings. The Bertz CT molecular complexity index is 686. The molecule has 0 aliphatic heterocycles. The summed E-state index contributed by atoms with van der Waals surface area (Å²) in [6, 6.07) is 6.90. The fraction of sp³-hybridized carbons (Fsp3) is 0.308. The molecule has 0 aliphatic carbocycles. The summed E-state index contributed by atoms with van der Waals surface area (Å²) < 4.78 is 29.4. The number of hydrogen-bond acceptors (Lipinski definition) is 4. The van der Waals surface area contributed by atoms with Crippen LogP contribution in [0, 0.1) is 0 Å². The zero-order chi connectivity index (χ0) is 15.3. The monoisotopic (exact) mass is 372 g/mol. The lowest BCUT2D eigenvalue weighted by Crippen LogP contribution is -2.26. The molecule has 3 N–H and O–H groups in total. The van der Waals surface area contributed by atoms with Gasteiger partial charge in [0, 0.05) is 36.5 Å². The highest BCUT2D eigenvalue weighted by Gasteiger charge is 2.17. The van der Waals surface area contributed by atoms with Crippen LogP contribution in [0.4, 0.5) is 0 Å². The maximum atomic E-state index is 12.3. The molecule has 21 heavy (non-hydrogen) atoms. The van der Waals surface area contributed by atoms with Crippen molar-refractivity contribution in [3.05, 3.63) is 46.7 Å². The molecule has 0 amide bonds. The summed E-state index contributed by atoms with van der Waals surface area (Å²) in [6.45, 7) is 1.32. The van der Waals surface area contributed by atoms with Crippen LogP contribution in [0.1, 0.15) is 12.0 Å². The van der Waals surface area contributed by atoms with Crippen molar-refractivity contribution in [1.82, 2.24) is 14.5 Å². The predicted molar refractivity (Wildman–Crippen MR) is 84.1 cm³/mol. The fourth-order valence-corrected chi connectivity index (χ4v) is 3.92. The molecule has 0 fully saturated rings. The molecule has 114 valence electrons. The van der Waals surface area contributed by atoms with Crippen LogP contribution >= 0.6 is 15.9 Å². The van der Waals surface area contributed by atoms with E-state index in [0.29, 0.717) is 30.5 Å². The summed E-state index contributed by atoms with van der Waals surface area (Å²) >= 11 is 3.26. The Kier molecular flexibility index (Phi) is 5.51. The number of aryl methyl sites for hydroxylation is 1. The van der Waals surface area contributed by atoms with Crippen molar-refractivity contribution in [1.29, 1.82) is 0 Å². The molecule has 2 rings (SSSR count). The van der Waals surface area contributed by atoms with Gasteiger partial charge in [-0.2, -0.15) is 5.10 Å². The summed E-state index contributed by atoms with van der Waals surface area (Å²) in [6.07, 6.45) is 4.20. The molecule has 1 aromatic heterocycles. The first-order valence-electron chi connectivity index (χ1n) is 6.48. The minimum absolute atomic E-state index is 0.213. The normalized spacial score (nSPS) is 11.7. The minimum atomic E-state index is -3.55. The summed E-state index contributed by atoms with van der Waals surface area (Å²) in [5.41, 5.74) is 6.32. The molecule has 1 heterocycles. The Morgan fingerprint density at radius 1 is 1.38 bits per heavy atom. The van der Waals surface area contributed by atoms with Crippen molar-refractivity contribution >= 4 is 26.0 Å². The van der Waals surface area contributed by atoms with E-state index in [1.165, 1.54) is 0 Å². The van der Waals surface area contributed by atoms with Gasteiger partial charge in [-0.25, -0.2) is 13.1 Å². The molecule has 6 nitrogen and oxygen atoms in total. The quantitative estimate of drug-likeness (QED) is 0.720. The average Bonchev–Trinajstić information content (AvgIpc) is 2.97. The van der Waals surface area contributed by atoms with Gasteiger partial charge in [0.05, 0.1) is 4.90 Å². The van der Waals surface area contributed by atoms with E-state index in [1.807, 2.05) is 12.3 Å². The van der Waals surface area contributed by atoms with Crippen molar-refractivity contribution < 1.29 is 8.42 Å². The largest absolute Gasteiger partial charge is 0.326 e. The maximum absolute atomic E-state index is 12.3. The third-order valence-electron chi connectivity index (χ3n) is 2.94. The van der Waals surface area contributed by atoms with Gasteiger partial charge in [0.2, 0.25) is 10.0 Å². The van der Waals surface area contributed by atoms with Crippen molar-refractivity contribution in [2.24, 2.45) is 5.73 Å². The summed E-state index contributed by atoms with van der Waals surface area (Å²) in [4.78, 5) is 0.213. The van der Waals surface area contributed by atoms with Gasteiger partial charge in [-0.1, -0.05) is 6.07 Å². The molecule has 0 spiro atoms. The van der Waals surface area contributed by atoms with Crippen molar-refractivity contribution in [3.63, 3.8) is 0 Å². The standard InChI is InChI=1S/C13H17BrN4O2S/c14-12-4-3-11(10-15)9-13(12)21(19,20)17-6-2-8-18-7-1-5-16-18/h1,3-5,7,9,17H,2,6,8,10,15H2. The van der Waals surface area contributed by atoms with Gasteiger partial charge >= 0.3 is 0 Å². The SMILES string of the molecule is NCc1ccc(Br)c(S(=O)(=O)NCCCn2cccn2)c1. The van der Waals surface area contributed by atoms with Crippen LogP contribution < -0.4 is 10.5 Å². The van der Waals surface area contributed by atoms with Crippen molar-refractivity contribution in [3.8, 4) is 0 Å². The van der Waals surface area contributed by atoms with Gasteiger partial charge in [0.25, 0.3) is 0 Å². The van der Waals surface area contributed by atoms with E-state index in [4.69, 9.17) is 5.73 Å². The number of hydrogen-bond donors (Lipinski definition) is 2. The topological polar surface area (TPSA) is 90.0 Å². The van der Waals surface area contributed by atoms with Gasteiger partial charge in [-0.15, -0.1) is 0 Å². The number of halogens is 1. The smallest absolute Gasteiger partial charge is 0.241 e. The number of sulfonamides is 1. The Morgan fingerprint density at radius 3 is 2.86 bits per heavy atom. The van der Waals surface area contributed by atoms with Crippen molar-refractivity contribution in [2.45, 2.75) is 24.4 Å². The van der Waals surface area contributed by atoms with Gasteiger partial charge in [-0.3, -0.25) is 4.68 Å². The van der Waals surface area contributed by atoms with E-state index in [1.54, 1.807) is 29.1 Å². The van der Waals surface area contributed by atoms with Gasteiger partial charge in [0.15, 0.2) is 0 Å². The van der Waals surface area contributed by atoms with Gasteiger partial charge in [0.1, 0.15) is 0 Å². The van der Waals surface area contributed by atoms with Crippen LogP contribution in [-0.4, -0.2) is 24.7 Å². The molecule has 0 saturated heterocycles. The zero-order valence-electron chi connectivity index (χ0n) is 11.4. The minimum Gasteiger partial charge on any atom is -0.326 e. The highest BCUT2D eigenvalue weighted by Crippen LogP contribution is 2.23. The summed E-state index contributed by atoms with van der Waals surface area (Å²) in [5, 5.41) is 4.06. The number of nitrogens with zero attached hydrogens (tertiary/aromatic N) is 2. The second kappa shape index (κ2) is 7.17. The Labute approximate surface area is 132 Å². The highest BCUT2D eigenvalue weighted by atomic mass is 79.9. The highest BCUT2D eigenvalue weighted by molar-refractivity contribution is 9.10. The number of nitrogens with one attached hydrogen (secondary N) is 1. The molecule has 0 atom stereocenters. The lowest BCUT2D eigenvalue weighted by atomic mass is 10.2. The summed E-state index contributed by atoms with van der Waals surface area (Å²) in [7, 11) is -3.55. The number of aromatic nitrogens is 2. The van der Waals surface area contributed by atoms with Crippen LogP contribution in [0.25, 0.3) is 0 Å². The number of benzene rings is 1. The predicted octanol–water partition coefficient (Wildman–Crippen LogP) is 1.47. The average molecular weight is 373 g/mol. The molecule has 2 aromatic rings. The van der Waals surface area contributed by atoms with Crippen LogP contribution in [0.2, 0.25) is 0 Å². The number of nitrogens with two attached hydrogens (primary N) is 1. The van der Waals surface area contributed by atoms with E-state index in [-0.39, 0.29) is 4.90 Å². The Morgan fingerprint density at radius 2 is 2.19 bits per heavy atom. The van der Waals surface area contributed by atoms with E-state index in [0.717, 1.165) is 5.56 Å². The number of rotatable bonds is 7. The second-order valence-corrected chi connectivity index (χ2v) is 7.08. The molecular formula is C13H17BrN4O2S. The third-order valence-corrected chi connectivity index (χ3v) is 5.39. The van der Waals surface area contributed by atoms with Gasteiger partial charge in [-0.05, 0) is 46.1 Å². The molecular weight excluding hydrogens is 356 g/mol. The van der Waals surface area contributed by atoms with Crippen LogP contribution in [0.3, 0.4) is 0 Å². The lowest BCUT2D eigenvalue weighted by Gasteiger charge is -2.10.